The summed E-state index contributed by atoms with van der Waals surface area (Å²) >= 11 is 0. The van der Waals surface area contributed by atoms with E-state index in [1.807, 2.05) is 12.1 Å². The highest BCUT2D eigenvalue weighted by atomic mass is 16.5. The van der Waals surface area contributed by atoms with Crippen LogP contribution in [0, 0.1) is 5.92 Å². The second-order valence-electron chi connectivity index (χ2n) is 6.48. The molecule has 0 bridgehead atoms. The molecule has 3 rings (SSSR count). The first-order chi connectivity index (χ1) is 12.2. The van der Waals surface area contributed by atoms with Crippen LogP contribution in [0.15, 0.2) is 30.6 Å². The van der Waals surface area contributed by atoms with Crippen molar-refractivity contribution in [1.82, 2.24) is 25.5 Å². The predicted molar refractivity (Wildman–Crippen MR) is 93.5 cm³/mol. The van der Waals surface area contributed by atoms with Crippen LogP contribution in [0.3, 0.4) is 0 Å². The second-order valence-corrected chi connectivity index (χ2v) is 6.48. The number of rotatable bonds is 6. The van der Waals surface area contributed by atoms with Crippen LogP contribution in [-0.2, 0) is 4.74 Å². The van der Waals surface area contributed by atoms with E-state index in [0.29, 0.717) is 18.1 Å². The Morgan fingerprint density at radius 2 is 2.08 bits per heavy atom. The Morgan fingerprint density at radius 1 is 1.32 bits per heavy atom. The Kier molecular flexibility index (Phi) is 5.75. The molecule has 1 saturated heterocycles. The van der Waals surface area contributed by atoms with Gasteiger partial charge in [-0.05, 0) is 53.5 Å². The number of aromatic nitrogens is 4. The van der Waals surface area contributed by atoms with Gasteiger partial charge in [0.1, 0.15) is 6.33 Å². The van der Waals surface area contributed by atoms with Gasteiger partial charge >= 0.3 is 0 Å². The fourth-order valence-corrected chi connectivity index (χ4v) is 3.42. The Balaban J connectivity index is 1.60. The quantitative estimate of drug-likeness (QED) is 0.871. The van der Waals surface area contributed by atoms with Crippen LogP contribution in [0.25, 0.3) is 5.69 Å². The summed E-state index contributed by atoms with van der Waals surface area (Å²) in [4.78, 5) is 12.5. The van der Waals surface area contributed by atoms with Gasteiger partial charge in [0.25, 0.3) is 5.91 Å². The third-order valence-electron chi connectivity index (χ3n) is 4.97. The van der Waals surface area contributed by atoms with Crippen molar-refractivity contribution in [2.75, 3.05) is 6.61 Å². The minimum Gasteiger partial charge on any atom is -0.378 e. The van der Waals surface area contributed by atoms with E-state index in [2.05, 4.69) is 34.7 Å². The summed E-state index contributed by atoms with van der Waals surface area (Å²) in [6.07, 6.45) is 5.75. The van der Waals surface area contributed by atoms with Crippen LogP contribution in [0.5, 0.6) is 0 Å². The van der Waals surface area contributed by atoms with Gasteiger partial charge in [-0.2, -0.15) is 0 Å². The molecule has 7 heteroatoms. The minimum absolute atomic E-state index is 0.0431. The number of tetrazole rings is 1. The lowest BCUT2D eigenvalue weighted by atomic mass is 9.89. The van der Waals surface area contributed by atoms with Crippen molar-refractivity contribution in [2.24, 2.45) is 5.92 Å². The SMILES string of the molecule is CCC(CC)[C@H]1C[C@@H](NC(=O)c2ccc(-n3cnnn3)cc2)CCO1. The normalized spacial score (nSPS) is 20.6. The number of nitrogens with zero attached hydrogens (tertiary/aromatic N) is 4. The van der Waals surface area contributed by atoms with Crippen molar-refractivity contribution in [2.45, 2.75) is 51.7 Å². The van der Waals surface area contributed by atoms with Crippen LogP contribution in [-0.4, -0.2) is 44.9 Å². The van der Waals surface area contributed by atoms with Gasteiger partial charge in [-0.1, -0.05) is 26.7 Å². The molecule has 2 heterocycles. The molecule has 0 aliphatic carbocycles. The van der Waals surface area contributed by atoms with Crippen LogP contribution >= 0.6 is 0 Å². The third-order valence-corrected chi connectivity index (χ3v) is 4.97. The molecule has 1 amide bonds. The summed E-state index contributed by atoms with van der Waals surface area (Å²) in [5.41, 5.74) is 1.46. The second kappa shape index (κ2) is 8.20. The molecule has 2 aromatic rings. The lowest BCUT2D eigenvalue weighted by Gasteiger charge is -2.34. The fraction of sp³-hybridized carbons (Fsp3) is 0.556. The van der Waals surface area contributed by atoms with Gasteiger partial charge in [-0.15, -0.1) is 5.10 Å². The summed E-state index contributed by atoms with van der Waals surface area (Å²) in [5.74, 6) is 0.522. The van der Waals surface area contributed by atoms with Gasteiger partial charge in [0, 0.05) is 18.2 Å². The Labute approximate surface area is 147 Å². The lowest BCUT2D eigenvalue weighted by Crippen LogP contribution is -2.44. The van der Waals surface area contributed by atoms with E-state index >= 15 is 0 Å². The van der Waals surface area contributed by atoms with Gasteiger partial charge in [0.05, 0.1) is 11.8 Å². The lowest BCUT2D eigenvalue weighted by molar-refractivity contribution is -0.0337. The molecule has 1 N–H and O–H groups in total. The van der Waals surface area contributed by atoms with E-state index in [1.54, 1.807) is 16.8 Å². The molecule has 2 atom stereocenters. The molecule has 0 spiro atoms. The zero-order valence-electron chi connectivity index (χ0n) is 14.8. The van der Waals surface area contributed by atoms with E-state index in [1.165, 1.54) is 6.33 Å². The average molecular weight is 343 g/mol. The largest absolute Gasteiger partial charge is 0.378 e. The standard InChI is InChI=1S/C18H25N5O2/c1-3-13(4-2)17-11-15(9-10-25-17)20-18(24)14-5-7-16(8-6-14)23-12-19-21-22-23/h5-8,12-13,15,17H,3-4,9-11H2,1-2H3,(H,20,24)/t15-,17+/m0/s1. The van der Waals surface area contributed by atoms with E-state index < -0.39 is 0 Å². The molecule has 25 heavy (non-hydrogen) atoms. The summed E-state index contributed by atoms with van der Waals surface area (Å²) in [6.45, 7) is 5.11. The molecule has 7 nitrogen and oxygen atoms in total. The molecule has 1 aromatic carbocycles. The van der Waals surface area contributed by atoms with E-state index in [0.717, 1.165) is 31.4 Å². The van der Waals surface area contributed by atoms with Crippen molar-refractivity contribution in [3.8, 4) is 5.69 Å². The highest BCUT2D eigenvalue weighted by Crippen LogP contribution is 2.25. The maximum atomic E-state index is 12.5. The number of ether oxygens (including phenoxy) is 1. The zero-order valence-corrected chi connectivity index (χ0v) is 14.8. The Bertz CT molecular complexity index is 667. The van der Waals surface area contributed by atoms with Gasteiger partial charge in [-0.25, -0.2) is 4.68 Å². The van der Waals surface area contributed by atoms with Gasteiger partial charge in [0.15, 0.2) is 0 Å². The third kappa shape index (κ3) is 4.22. The Morgan fingerprint density at radius 3 is 2.72 bits per heavy atom. The number of hydrogen-bond acceptors (Lipinski definition) is 5. The summed E-state index contributed by atoms with van der Waals surface area (Å²) in [7, 11) is 0. The number of benzene rings is 1. The molecule has 1 aliphatic rings. The van der Waals surface area contributed by atoms with Crippen molar-refractivity contribution < 1.29 is 9.53 Å². The molecule has 1 aliphatic heterocycles. The highest BCUT2D eigenvalue weighted by Gasteiger charge is 2.28. The number of hydrogen-bond donors (Lipinski definition) is 1. The number of carbonyl (C=O) groups is 1. The first-order valence-electron chi connectivity index (χ1n) is 8.97. The predicted octanol–water partition coefficient (Wildman–Crippen LogP) is 2.38. The maximum absolute atomic E-state index is 12.5. The minimum atomic E-state index is -0.0431. The van der Waals surface area contributed by atoms with Gasteiger partial charge in [-0.3, -0.25) is 4.79 Å². The van der Waals surface area contributed by atoms with Crippen LogP contribution in [0.1, 0.15) is 49.9 Å². The van der Waals surface area contributed by atoms with E-state index in [9.17, 15) is 4.79 Å². The fourth-order valence-electron chi connectivity index (χ4n) is 3.42. The van der Waals surface area contributed by atoms with Crippen LogP contribution < -0.4 is 5.32 Å². The zero-order chi connectivity index (χ0) is 17.6. The van der Waals surface area contributed by atoms with Gasteiger partial charge < -0.3 is 10.1 Å². The molecular formula is C18H25N5O2. The smallest absolute Gasteiger partial charge is 0.251 e. The van der Waals surface area contributed by atoms with Crippen molar-refractivity contribution >= 4 is 5.91 Å². The molecule has 134 valence electrons. The molecule has 0 unspecified atom stereocenters. The molecule has 0 saturated carbocycles. The van der Waals surface area contributed by atoms with E-state index in [-0.39, 0.29) is 18.1 Å². The number of amides is 1. The van der Waals surface area contributed by atoms with Crippen LogP contribution in [0.2, 0.25) is 0 Å². The molecule has 1 fully saturated rings. The maximum Gasteiger partial charge on any atom is 0.251 e. The Hall–Kier alpha value is -2.28. The van der Waals surface area contributed by atoms with Gasteiger partial charge in [0.2, 0.25) is 0 Å². The monoisotopic (exact) mass is 343 g/mol. The van der Waals surface area contributed by atoms with Crippen LogP contribution in [0.4, 0.5) is 0 Å². The number of nitrogens with one attached hydrogen (secondary N) is 1. The van der Waals surface area contributed by atoms with Crippen molar-refractivity contribution in [3.05, 3.63) is 36.2 Å². The average Bonchev–Trinajstić information content (AvgIpc) is 3.18. The first-order valence-corrected chi connectivity index (χ1v) is 8.97. The topological polar surface area (TPSA) is 81.9 Å². The highest BCUT2D eigenvalue weighted by molar-refractivity contribution is 5.94. The summed E-state index contributed by atoms with van der Waals surface area (Å²) < 4.78 is 7.48. The van der Waals surface area contributed by atoms with E-state index in [4.69, 9.17) is 4.74 Å². The summed E-state index contributed by atoms with van der Waals surface area (Å²) in [5, 5.41) is 14.2. The molecule has 1 aromatic heterocycles. The van der Waals surface area contributed by atoms with Crippen molar-refractivity contribution in [1.29, 1.82) is 0 Å². The molecular weight excluding hydrogens is 318 g/mol. The number of carbonyl (C=O) groups excluding carboxylic acids is 1. The molecule has 0 radical (unpaired) electrons. The summed E-state index contributed by atoms with van der Waals surface area (Å²) in [6, 6.07) is 7.43. The first kappa shape index (κ1) is 17.5. The van der Waals surface area contributed by atoms with Crippen molar-refractivity contribution in [3.63, 3.8) is 0 Å².